The van der Waals surface area contributed by atoms with Crippen molar-refractivity contribution in [3.8, 4) is 6.07 Å². The summed E-state index contributed by atoms with van der Waals surface area (Å²) < 4.78 is 0. The van der Waals surface area contributed by atoms with Crippen LogP contribution in [0.15, 0.2) is 29.4 Å². The van der Waals surface area contributed by atoms with Gasteiger partial charge in [0.15, 0.2) is 0 Å². The van der Waals surface area contributed by atoms with Crippen LogP contribution in [0.5, 0.6) is 0 Å². The summed E-state index contributed by atoms with van der Waals surface area (Å²) in [6.45, 7) is 11.8. The van der Waals surface area contributed by atoms with Gasteiger partial charge in [-0.3, -0.25) is 19.6 Å². The highest BCUT2D eigenvalue weighted by Gasteiger charge is 2.31. The lowest BCUT2D eigenvalue weighted by atomic mass is 9.94. The van der Waals surface area contributed by atoms with Crippen LogP contribution in [0.3, 0.4) is 0 Å². The number of piperazine rings is 1. The molecule has 0 radical (unpaired) electrons. The number of H-pyrrole nitrogens is 1. The number of nitriles is 1. The van der Waals surface area contributed by atoms with Gasteiger partial charge in [0.2, 0.25) is 0 Å². The molecule has 1 amide bonds. The van der Waals surface area contributed by atoms with Crippen LogP contribution in [0.25, 0.3) is 0 Å². The Labute approximate surface area is 185 Å². The first-order valence-corrected chi connectivity index (χ1v) is 11.3. The molecule has 0 unspecified atom stereocenters. The number of piperidine rings is 1. The van der Waals surface area contributed by atoms with Crippen LogP contribution in [0.2, 0.25) is 0 Å². The summed E-state index contributed by atoms with van der Waals surface area (Å²) >= 11 is 0. The molecule has 1 aromatic heterocycles. The Bertz CT molecular complexity index is 821. The van der Waals surface area contributed by atoms with Crippen LogP contribution in [0.1, 0.15) is 49.2 Å². The lowest BCUT2D eigenvalue weighted by molar-refractivity contribution is 0.0953. The fourth-order valence-electron chi connectivity index (χ4n) is 4.12. The molecule has 0 spiro atoms. The largest absolute Gasteiger partial charge is 0.356 e. The quantitative estimate of drug-likeness (QED) is 0.551. The average molecular weight is 426 g/mol. The summed E-state index contributed by atoms with van der Waals surface area (Å²) in [5, 5.41) is 15.2. The summed E-state index contributed by atoms with van der Waals surface area (Å²) in [5.41, 5.74) is 1.70. The number of aliphatic imine (C=N–C) groups is 1. The van der Waals surface area contributed by atoms with Crippen LogP contribution in [-0.4, -0.2) is 84.4 Å². The predicted octanol–water partition coefficient (Wildman–Crippen LogP) is 1.74. The molecule has 0 atom stereocenters. The number of hydrogen-bond donors (Lipinski definition) is 3. The summed E-state index contributed by atoms with van der Waals surface area (Å²) in [6, 6.07) is 3.57. The number of nitrogens with one attached hydrogen (secondary N) is 3. The minimum Gasteiger partial charge on any atom is -0.356 e. The highest BCUT2D eigenvalue weighted by molar-refractivity contribution is 6.02. The van der Waals surface area contributed by atoms with E-state index >= 15 is 0 Å². The van der Waals surface area contributed by atoms with E-state index in [-0.39, 0.29) is 11.4 Å². The molecule has 8 nitrogen and oxygen atoms in total. The van der Waals surface area contributed by atoms with Crippen molar-refractivity contribution in [3.05, 3.63) is 35.7 Å². The third-order valence-electron chi connectivity index (χ3n) is 6.14. The second-order valence-corrected chi connectivity index (χ2v) is 8.69. The molecule has 168 valence electrons. The number of amides is 1. The Morgan fingerprint density at radius 1 is 1.26 bits per heavy atom. The molecule has 2 aliphatic heterocycles. The normalized spacial score (nSPS) is 19.5. The smallest absolute Gasteiger partial charge is 0.267 e. The van der Waals surface area contributed by atoms with Crippen molar-refractivity contribution in [1.82, 2.24) is 25.4 Å². The number of hydrogen-bond acceptors (Lipinski definition) is 6. The topological polar surface area (TPSA) is 99.5 Å². The molecule has 0 bridgehead atoms. The fourth-order valence-corrected chi connectivity index (χ4v) is 4.12. The first-order valence-electron chi connectivity index (χ1n) is 11.3. The zero-order valence-electron chi connectivity index (χ0n) is 18.8. The van der Waals surface area contributed by atoms with Crippen molar-refractivity contribution in [1.29, 1.82) is 5.26 Å². The van der Waals surface area contributed by atoms with Crippen molar-refractivity contribution in [2.24, 2.45) is 4.99 Å². The van der Waals surface area contributed by atoms with E-state index in [0.29, 0.717) is 17.8 Å². The van der Waals surface area contributed by atoms with Crippen molar-refractivity contribution in [3.63, 3.8) is 0 Å². The molecule has 1 aromatic rings. The Morgan fingerprint density at radius 3 is 2.68 bits per heavy atom. The molecule has 2 saturated heterocycles. The van der Waals surface area contributed by atoms with E-state index in [1.165, 1.54) is 25.5 Å². The Balaban J connectivity index is 1.64. The van der Waals surface area contributed by atoms with Gasteiger partial charge < -0.3 is 15.6 Å². The summed E-state index contributed by atoms with van der Waals surface area (Å²) in [6.07, 6.45) is 9.37. The van der Waals surface area contributed by atoms with Crippen LogP contribution in [0, 0.1) is 11.3 Å². The molecule has 2 fully saturated rings. The Kier molecular flexibility index (Phi) is 8.41. The van der Waals surface area contributed by atoms with Gasteiger partial charge in [0.1, 0.15) is 11.8 Å². The van der Waals surface area contributed by atoms with Crippen LogP contribution >= 0.6 is 0 Å². The van der Waals surface area contributed by atoms with Gasteiger partial charge in [-0.15, -0.1) is 0 Å². The van der Waals surface area contributed by atoms with Crippen molar-refractivity contribution in [2.45, 2.75) is 38.6 Å². The molecule has 0 saturated carbocycles. The van der Waals surface area contributed by atoms with Gasteiger partial charge >= 0.3 is 0 Å². The number of rotatable bonds is 8. The summed E-state index contributed by atoms with van der Waals surface area (Å²) in [7, 11) is 0. The molecular weight excluding hydrogens is 390 g/mol. The number of aromatic amines is 1. The molecule has 8 heteroatoms. The van der Waals surface area contributed by atoms with Gasteiger partial charge in [0.05, 0.1) is 23.5 Å². The van der Waals surface area contributed by atoms with E-state index in [4.69, 9.17) is 10.3 Å². The van der Waals surface area contributed by atoms with Crippen molar-refractivity contribution in [2.75, 3.05) is 52.5 Å². The number of likely N-dealkylation sites (tertiary alicyclic amines) is 1. The van der Waals surface area contributed by atoms with Crippen molar-refractivity contribution >= 4 is 11.6 Å². The molecule has 31 heavy (non-hydrogen) atoms. The highest BCUT2D eigenvalue weighted by atomic mass is 16.1. The van der Waals surface area contributed by atoms with Gasteiger partial charge in [-0.05, 0) is 51.9 Å². The SMILES string of the molecule is CC(C)(C(/C=C\CNC(=O)c1cc(C#N)c[nH]1)=N/CN1CCCCC1)N1CCNCC1. The maximum atomic E-state index is 12.3. The molecule has 2 aliphatic rings. The third-order valence-corrected chi connectivity index (χ3v) is 6.14. The molecule has 3 heterocycles. The van der Waals surface area contributed by atoms with Gasteiger partial charge in [-0.2, -0.15) is 5.26 Å². The highest BCUT2D eigenvalue weighted by Crippen LogP contribution is 2.19. The lowest BCUT2D eigenvalue weighted by Crippen LogP contribution is -2.56. The fraction of sp³-hybridized carbons (Fsp3) is 0.609. The van der Waals surface area contributed by atoms with E-state index < -0.39 is 0 Å². The first kappa shape index (κ1) is 23.2. The van der Waals surface area contributed by atoms with E-state index in [1.54, 1.807) is 6.07 Å². The number of carbonyl (C=O) groups is 1. The average Bonchev–Trinajstić information content (AvgIpc) is 3.29. The van der Waals surface area contributed by atoms with Gasteiger partial charge in [-0.1, -0.05) is 12.5 Å². The maximum absolute atomic E-state index is 12.3. The monoisotopic (exact) mass is 425 g/mol. The van der Waals surface area contributed by atoms with Gasteiger partial charge in [0, 0.05) is 38.9 Å². The van der Waals surface area contributed by atoms with Gasteiger partial charge in [-0.25, -0.2) is 0 Å². The Hall–Kier alpha value is -2.47. The van der Waals surface area contributed by atoms with Gasteiger partial charge in [0.25, 0.3) is 5.91 Å². The second kappa shape index (κ2) is 11.2. The minimum absolute atomic E-state index is 0.181. The number of carbonyl (C=O) groups excluding carboxylic acids is 1. The van der Waals surface area contributed by atoms with E-state index in [2.05, 4.69) is 45.3 Å². The zero-order chi connectivity index (χ0) is 22.1. The van der Waals surface area contributed by atoms with E-state index in [1.807, 2.05) is 12.1 Å². The summed E-state index contributed by atoms with van der Waals surface area (Å²) in [4.78, 5) is 25.0. The molecule has 0 aromatic carbocycles. The standard InChI is InChI=1S/C23H35N7O/c1-23(2,30-13-9-25-10-14-30)21(28-18-29-11-4-3-5-12-29)7-6-8-26-22(31)20-15-19(16-24)17-27-20/h6-7,15,17,25,27H,3-5,8-14,18H2,1-2H3,(H,26,31)/b7-6-,28-21+. The molecular formula is C23H35N7O. The minimum atomic E-state index is -0.223. The van der Waals surface area contributed by atoms with Crippen LogP contribution in [0.4, 0.5) is 0 Å². The van der Waals surface area contributed by atoms with Crippen LogP contribution < -0.4 is 10.6 Å². The third kappa shape index (κ3) is 6.50. The molecule has 0 aliphatic carbocycles. The van der Waals surface area contributed by atoms with Crippen molar-refractivity contribution < 1.29 is 4.79 Å². The lowest BCUT2D eigenvalue weighted by Gasteiger charge is -2.41. The number of nitrogens with zero attached hydrogens (tertiary/aromatic N) is 4. The second-order valence-electron chi connectivity index (χ2n) is 8.69. The van der Waals surface area contributed by atoms with E-state index in [9.17, 15) is 4.79 Å². The summed E-state index contributed by atoms with van der Waals surface area (Å²) in [5.74, 6) is -0.223. The van der Waals surface area contributed by atoms with E-state index in [0.717, 1.165) is 51.6 Å². The Morgan fingerprint density at radius 2 is 2.00 bits per heavy atom. The number of aromatic nitrogens is 1. The first-order chi connectivity index (χ1) is 15.0. The zero-order valence-corrected chi connectivity index (χ0v) is 18.8. The molecule has 3 N–H and O–H groups in total. The maximum Gasteiger partial charge on any atom is 0.267 e. The predicted molar refractivity (Wildman–Crippen MR) is 123 cm³/mol. The molecule has 3 rings (SSSR count). The van der Waals surface area contributed by atoms with Crippen LogP contribution in [-0.2, 0) is 0 Å².